The standard InChI is InChI=1S/C23H29N7O6S2/c1-15-10-30(16(2)13-31)23(33)18-9-17(25-21(32)12-29-14-24-26-27-29)6-7-19(18)36-20(15)11-28(3)38(34,35)22-5-4-8-37-22/h4-9,14-16,20,31H,10-13H2,1-3H3,(H,25,32)/t15-,16-,20-/m0/s1. The van der Waals surface area contributed by atoms with Crippen LogP contribution in [-0.2, 0) is 21.4 Å². The van der Waals surface area contributed by atoms with E-state index in [1.54, 1.807) is 41.5 Å². The zero-order valence-corrected chi connectivity index (χ0v) is 22.7. The van der Waals surface area contributed by atoms with Gasteiger partial charge in [0.15, 0.2) is 0 Å². The zero-order valence-electron chi connectivity index (χ0n) is 21.1. The average molecular weight is 564 g/mol. The van der Waals surface area contributed by atoms with Crippen molar-refractivity contribution in [2.45, 2.75) is 36.7 Å². The van der Waals surface area contributed by atoms with Gasteiger partial charge in [-0.05, 0) is 47.0 Å². The molecule has 0 spiro atoms. The monoisotopic (exact) mass is 563 g/mol. The summed E-state index contributed by atoms with van der Waals surface area (Å²) in [7, 11) is -2.22. The Kier molecular flexibility index (Phi) is 8.40. The van der Waals surface area contributed by atoms with Crippen LogP contribution in [-0.4, -0.2) is 93.6 Å². The third kappa shape index (κ3) is 6.01. The molecule has 3 aromatic rings. The fraction of sp³-hybridized carbons (Fsp3) is 0.435. The van der Waals surface area contributed by atoms with Gasteiger partial charge in [0.2, 0.25) is 5.91 Å². The van der Waals surface area contributed by atoms with E-state index < -0.39 is 28.1 Å². The number of tetrazole rings is 1. The number of sulfonamides is 1. The quantitative estimate of drug-likeness (QED) is 0.386. The maximum atomic E-state index is 13.6. The van der Waals surface area contributed by atoms with Crippen molar-refractivity contribution in [3.63, 3.8) is 0 Å². The summed E-state index contributed by atoms with van der Waals surface area (Å²) in [5.74, 6) is -0.785. The molecule has 204 valence electrons. The fourth-order valence-corrected chi connectivity index (χ4v) is 6.42. The van der Waals surface area contributed by atoms with Gasteiger partial charge < -0.3 is 20.1 Å². The van der Waals surface area contributed by atoms with Crippen LogP contribution in [0.5, 0.6) is 5.75 Å². The van der Waals surface area contributed by atoms with Crippen LogP contribution in [0.25, 0.3) is 0 Å². The van der Waals surface area contributed by atoms with Gasteiger partial charge in [-0.15, -0.1) is 16.4 Å². The lowest BCUT2D eigenvalue weighted by Gasteiger charge is -2.38. The Bertz CT molecular complexity index is 1360. The van der Waals surface area contributed by atoms with Crippen LogP contribution in [0.1, 0.15) is 24.2 Å². The van der Waals surface area contributed by atoms with E-state index in [9.17, 15) is 23.1 Å². The molecule has 0 bridgehead atoms. The molecular formula is C23H29N7O6S2. The fourth-order valence-electron chi connectivity index (χ4n) is 4.03. The molecule has 0 unspecified atom stereocenters. The minimum absolute atomic E-state index is 0.0425. The van der Waals surface area contributed by atoms with Crippen molar-refractivity contribution in [3.05, 3.63) is 47.6 Å². The van der Waals surface area contributed by atoms with E-state index in [-0.39, 0.29) is 53.6 Å². The second-order valence-electron chi connectivity index (χ2n) is 9.11. The van der Waals surface area contributed by atoms with E-state index in [4.69, 9.17) is 4.74 Å². The first kappa shape index (κ1) is 27.6. The van der Waals surface area contributed by atoms with Crippen LogP contribution in [0.4, 0.5) is 5.69 Å². The maximum absolute atomic E-state index is 13.6. The topological polar surface area (TPSA) is 160 Å². The Morgan fingerprint density at radius 2 is 2.16 bits per heavy atom. The number of nitrogens with zero attached hydrogens (tertiary/aromatic N) is 6. The molecule has 0 saturated heterocycles. The van der Waals surface area contributed by atoms with Gasteiger partial charge in [0.05, 0.1) is 24.8 Å². The first-order valence-corrected chi connectivity index (χ1v) is 14.1. The van der Waals surface area contributed by atoms with Crippen molar-refractivity contribution in [1.29, 1.82) is 0 Å². The van der Waals surface area contributed by atoms with Crippen LogP contribution < -0.4 is 10.1 Å². The van der Waals surface area contributed by atoms with Gasteiger partial charge in [-0.3, -0.25) is 9.59 Å². The van der Waals surface area contributed by atoms with Crippen molar-refractivity contribution in [2.24, 2.45) is 5.92 Å². The number of thiophene rings is 1. The number of ether oxygens (including phenoxy) is 1. The Labute approximate surface area is 224 Å². The number of nitrogens with one attached hydrogen (secondary N) is 1. The summed E-state index contributed by atoms with van der Waals surface area (Å²) >= 11 is 1.13. The first-order chi connectivity index (χ1) is 18.1. The highest BCUT2D eigenvalue weighted by Crippen LogP contribution is 2.31. The third-order valence-corrected chi connectivity index (χ3v) is 9.44. The summed E-state index contributed by atoms with van der Waals surface area (Å²) in [5, 5.41) is 24.9. The van der Waals surface area contributed by atoms with Gasteiger partial charge in [0.25, 0.3) is 15.9 Å². The van der Waals surface area contributed by atoms with Crippen molar-refractivity contribution in [1.82, 2.24) is 29.4 Å². The van der Waals surface area contributed by atoms with E-state index >= 15 is 0 Å². The van der Waals surface area contributed by atoms with Gasteiger partial charge in [0, 0.05) is 25.2 Å². The lowest BCUT2D eigenvalue weighted by molar-refractivity contribution is -0.116. The number of carbonyl (C=O) groups is 2. The molecule has 13 nitrogen and oxygen atoms in total. The number of carbonyl (C=O) groups excluding carboxylic acids is 2. The van der Waals surface area contributed by atoms with Gasteiger partial charge in [0.1, 0.15) is 28.9 Å². The summed E-state index contributed by atoms with van der Waals surface area (Å²) in [6, 6.07) is 7.40. The predicted molar refractivity (Wildman–Crippen MR) is 138 cm³/mol. The van der Waals surface area contributed by atoms with E-state index in [0.717, 1.165) is 11.3 Å². The largest absolute Gasteiger partial charge is 0.488 e. The molecule has 2 aromatic heterocycles. The zero-order chi connectivity index (χ0) is 27.4. The van der Waals surface area contributed by atoms with Crippen LogP contribution >= 0.6 is 11.3 Å². The molecule has 0 aliphatic carbocycles. The molecule has 1 aliphatic rings. The minimum Gasteiger partial charge on any atom is -0.488 e. The highest BCUT2D eigenvalue weighted by Gasteiger charge is 2.35. The van der Waals surface area contributed by atoms with Crippen LogP contribution in [0.2, 0.25) is 0 Å². The normalized spacial score (nSPS) is 18.9. The van der Waals surface area contributed by atoms with Crippen molar-refractivity contribution < 1.29 is 27.9 Å². The molecule has 2 amide bonds. The van der Waals surface area contributed by atoms with Crippen LogP contribution in [0.15, 0.2) is 46.2 Å². The molecule has 1 aromatic carbocycles. The summed E-state index contributed by atoms with van der Waals surface area (Å²) in [6.45, 7) is 3.50. The van der Waals surface area contributed by atoms with E-state index in [0.29, 0.717) is 5.69 Å². The second-order valence-corrected chi connectivity index (χ2v) is 12.3. The third-order valence-electron chi connectivity index (χ3n) is 6.24. The molecule has 4 rings (SSSR count). The number of hydrogen-bond acceptors (Lipinski definition) is 10. The predicted octanol–water partition coefficient (Wildman–Crippen LogP) is 0.914. The van der Waals surface area contributed by atoms with Gasteiger partial charge in [-0.25, -0.2) is 13.1 Å². The summed E-state index contributed by atoms with van der Waals surface area (Å²) < 4.78 is 35.1. The number of benzene rings is 1. The Balaban J connectivity index is 1.62. The van der Waals surface area contributed by atoms with Crippen molar-refractivity contribution in [3.8, 4) is 5.75 Å². The number of rotatable bonds is 9. The first-order valence-electron chi connectivity index (χ1n) is 11.8. The van der Waals surface area contributed by atoms with Crippen LogP contribution in [0.3, 0.4) is 0 Å². The molecule has 0 fully saturated rings. The minimum atomic E-state index is -3.72. The highest BCUT2D eigenvalue weighted by atomic mass is 32.2. The van der Waals surface area contributed by atoms with E-state index in [1.165, 1.54) is 28.4 Å². The Morgan fingerprint density at radius 3 is 2.82 bits per heavy atom. The summed E-state index contributed by atoms with van der Waals surface area (Å²) in [4.78, 5) is 27.5. The molecule has 0 radical (unpaired) electrons. The van der Waals surface area contributed by atoms with Gasteiger partial charge in [-0.2, -0.15) is 4.31 Å². The number of aliphatic hydroxyl groups is 1. The Hall–Kier alpha value is -3.40. The average Bonchev–Trinajstić information content (AvgIpc) is 3.61. The van der Waals surface area contributed by atoms with E-state index in [1.807, 2.05) is 6.92 Å². The number of hydrogen-bond donors (Lipinski definition) is 2. The number of amides is 2. The van der Waals surface area contributed by atoms with Crippen molar-refractivity contribution in [2.75, 3.05) is 32.1 Å². The lowest BCUT2D eigenvalue weighted by Crippen LogP contribution is -2.50. The van der Waals surface area contributed by atoms with Crippen molar-refractivity contribution >= 4 is 38.9 Å². The number of fused-ring (bicyclic) bond motifs is 1. The molecule has 3 heterocycles. The highest BCUT2D eigenvalue weighted by molar-refractivity contribution is 7.91. The van der Waals surface area contributed by atoms with E-state index in [2.05, 4.69) is 20.8 Å². The number of aliphatic hydroxyl groups excluding tert-OH is 1. The van der Waals surface area contributed by atoms with Gasteiger partial charge in [-0.1, -0.05) is 13.0 Å². The molecule has 38 heavy (non-hydrogen) atoms. The Morgan fingerprint density at radius 1 is 1.37 bits per heavy atom. The molecule has 1 aliphatic heterocycles. The summed E-state index contributed by atoms with van der Waals surface area (Å²) in [6.07, 6.45) is 0.707. The molecule has 15 heteroatoms. The number of aromatic nitrogens is 4. The molecule has 0 saturated carbocycles. The SMILES string of the molecule is C[C@H]1CN([C@@H](C)CO)C(=O)c2cc(NC(=O)Cn3cnnn3)ccc2O[C@H]1CN(C)S(=O)(=O)c1cccs1. The number of likely N-dealkylation sites (N-methyl/N-ethyl adjacent to an activating group) is 1. The summed E-state index contributed by atoms with van der Waals surface area (Å²) in [5.41, 5.74) is 0.545. The molecular weight excluding hydrogens is 534 g/mol. The molecule has 3 atom stereocenters. The smallest absolute Gasteiger partial charge is 0.258 e. The second kappa shape index (κ2) is 11.6. The molecule has 2 N–H and O–H groups in total. The number of anilines is 1. The van der Waals surface area contributed by atoms with Crippen LogP contribution in [0, 0.1) is 5.92 Å². The maximum Gasteiger partial charge on any atom is 0.258 e. The van der Waals surface area contributed by atoms with Gasteiger partial charge >= 0.3 is 0 Å². The lowest BCUT2D eigenvalue weighted by atomic mass is 9.99.